The second-order valence-corrected chi connectivity index (χ2v) is 11.1. The van der Waals surface area contributed by atoms with Gasteiger partial charge in [0.25, 0.3) is 0 Å². The summed E-state index contributed by atoms with van der Waals surface area (Å²) in [6, 6.07) is 15.9. The number of fused-ring (bicyclic) bond motifs is 1. The van der Waals surface area contributed by atoms with Crippen LogP contribution in [-0.2, 0) is 0 Å². The summed E-state index contributed by atoms with van der Waals surface area (Å²) in [4.78, 5) is 21.6. The van der Waals surface area contributed by atoms with Gasteiger partial charge in [-0.1, -0.05) is 31.2 Å². The van der Waals surface area contributed by atoms with Crippen LogP contribution in [0.15, 0.2) is 48.8 Å². The predicted octanol–water partition coefficient (Wildman–Crippen LogP) is 4.29. The number of nitriles is 1. The Morgan fingerprint density at radius 3 is 2.47 bits per heavy atom. The number of amides is 2. The van der Waals surface area contributed by atoms with Gasteiger partial charge in [-0.25, -0.2) is 9.31 Å². The summed E-state index contributed by atoms with van der Waals surface area (Å²) in [5.74, 6) is 0.647. The highest BCUT2D eigenvalue weighted by Crippen LogP contribution is 2.33. The molecule has 0 radical (unpaired) electrons. The number of piperazine rings is 1. The van der Waals surface area contributed by atoms with Crippen LogP contribution in [0.1, 0.15) is 38.2 Å². The van der Waals surface area contributed by atoms with Gasteiger partial charge in [0.15, 0.2) is 0 Å². The molecular weight excluding hydrogens is 474 g/mol. The largest absolute Gasteiger partial charge is 0.366 e. The van der Waals surface area contributed by atoms with Crippen LogP contribution in [0.3, 0.4) is 0 Å². The first-order valence-electron chi connectivity index (χ1n) is 14.0. The quantitative estimate of drug-likeness (QED) is 0.523. The van der Waals surface area contributed by atoms with Crippen LogP contribution in [-0.4, -0.2) is 88.7 Å². The Hall–Kier alpha value is -3.57. The van der Waals surface area contributed by atoms with E-state index in [0.717, 1.165) is 30.8 Å². The van der Waals surface area contributed by atoms with Gasteiger partial charge in [-0.05, 0) is 68.6 Å². The van der Waals surface area contributed by atoms with Crippen LogP contribution in [0.5, 0.6) is 0 Å². The van der Waals surface area contributed by atoms with Gasteiger partial charge in [0.2, 0.25) is 0 Å². The molecule has 0 aliphatic carbocycles. The number of likely N-dealkylation sites (tertiary alicyclic amines) is 2. The molecule has 1 atom stereocenters. The standard InChI is InChI=1S/C30H37N7O/c1-3-33-12-9-26(10-13-33)24-4-6-25(7-5-24)27-16-29-28(8-11-32-37(29)21-27)34-14-15-36(22(2)18-34)30(38)35-19-23(17-31)20-35/h4-8,11,16,21-23,26H,3,9-10,12-15,18-20H2,1-2H3/t22-/m1/s1. The van der Waals surface area contributed by atoms with Crippen molar-refractivity contribution >= 4 is 17.2 Å². The molecule has 3 saturated heterocycles. The maximum Gasteiger partial charge on any atom is 0.320 e. The van der Waals surface area contributed by atoms with Crippen LogP contribution >= 0.6 is 0 Å². The molecule has 2 amide bonds. The summed E-state index contributed by atoms with van der Waals surface area (Å²) >= 11 is 0. The SMILES string of the molecule is CCN1CCC(c2ccc(-c3cc4c(N5CCN(C(=O)N6CC(C#N)C6)[C@H](C)C5)ccnn4c3)cc2)CC1. The van der Waals surface area contributed by atoms with E-state index < -0.39 is 0 Å². The normalized spacial score (nSPS) is 21.5. The van der Waals surface area contributed by atoms with Crippen molar-refractivity contribution in [2.75, 3.05) is 57.3 Å². The number of carbonyl (C=O) groups is 1. The molecule has 3 aliphatic rings. The lowest BCUT2D eigenvalue weighted by Crippen LogP contribution is -2.61. The van der Waals surface area contributed by atoms with Gasteiger partial charge in [0, 0.05) is 56.7 Å². The fourth-order valence-corrected chi connectivity index (χ4v) is 6.31. The first-order valence-corrected chi connectivity index (χ1v) is 14.0. The third kappa shape index (κ3) is 4.60. The van der Waals surface area contributed by atoms with Crippen LogP contribution in [0.4, 0.5) is 10.5 Å². The second kappa shape index (κ2) is 10.3. The molecule has 3 fully saturated rings. The van der Waals surface area contributed by atoms with E-state index in [2.05, 4.69) is 77.4 Å². The van der Waals surface area contributed by atoms with Gasteiger partial charge >= 0.3 is 6.03 Å². The topological polar surface area (TPSA) is 71.1 Å². The van der Waals surface area contributed by atoms with Crippen LogP contribution in [0.2, 0.25) is 0 Å². The molecule has 3 aliphatic heterocycles. The van der Waals surface area contributed by atoms with Crippen molar-refractivity contribution in [3.8, 4) is 17.2 Å². The number of anilines is 1. The van der Waals surface area contributed by atoms with Crippen molar-refractivity contribution < 1.29 is 4.79 Å². The molecule has 5 heterocycles. The van der Waals surface area contributed by atoms with Gasteiger partial charge in [-0.2, -0.15) is 10.4 Å². The minimum Gasteiger partial charge on any atom is -0.366 e. The molecule has 8 heteroatoms. The lowest BCUT2D eigenvalue weighted by atomic mass is 9.88. The summed E-state index contributed by atoms with van der Waals surface area (Å²) in [6.07, 6.45) is 6.47. The van der Waals surface area contributed by atoms with Crippen molar-refractivity contribution in [2.45, 2.75) is 38.6 Å². The number of urea groups is 1. The molecule has 0 saturated carbocycles. The number of benzene rings is 1. The van der Waals surface area contributed by atoms with Gasteiger partial charge in [0.1, 0.15) is 0 Å². The van der Waals surface area contributed by atoms with Crippen LogP contribution in [0, 0.1) is 17.2 Å². The molecular formula is C30H37N7O. The van der Waals surface area contributed by atoms with E-state index in [4.69, 9.17) is 5.26 Å². The monoisotopic (exact) mass is 511 g/mol. The fourth-order valence-electron chi connectivity index (χ4n) is 6.31. The molecule has 0 N–H and O–H groups in total. The third-order valence-electron chi connectivity index (χ3n) is 8.79. The summed E-state index contributed by atoms with van der Waals surface area (Å²) in [5.41, 5.74) is 6.08. The molecule has 1 aromatic carbocycles. The lowest BCUT2D eigenvalue weighted by Gasteiger charge is -2.45. The van der Waals surface area contributed by atoms with Crippen LogP contribution < -0.4 is 4.90 Å². The van der Waals surface area contributed by atoms with Gasteiger partial charge in [-0.3, -0.25) is 0 Å². The fraction of sp³-hybridized carbons (Fsp3) is 0.500. The minimum atomic E-state index is -0.0144. The summed E-state index contributed by atoms with van der Waals surface area (Å²) in [7, 11) is 0. The molecule has 3 aromatic rings. The smallest absolute Gasteiger partial charge is 0.320 e. The predicted molar refractivity (Wildman–Crippen MR) is 149 cm³/mol. The maximum atomic E-state index is 12.9. The minimum absolute atomic E-state index is 0.0144. The average Bonchev–Trinajstić information content (AvgIpc) is 3.37. The van der Waals surface area contributed by atoms with Crippen molar-refractivity contribution in [1.29, 1.82) is 5.26 Å². The third-order valence-corrected chi connectivity index (χ3v) is 8.79. The lowest BCUT2D eigenvalue weighted by molar-refractivity contribution is 0.0928. The number of aromatic nitrogens is 2. The number of hydrogen-bond acceptors (Lipinski definition) is 5. The second-order valence-electron chi connectivity index (χ2n) is 11.1. The zero-order valence-corrected chi connectivity index (χ0v) is 22.5. The first kappa shape index (κ1) is 24.7. The highest BCUT2D eigenvalue weighted by atomic mass is 16.2. The Balaban J connectivity index is 1.15. The Labute approximate surface area is 225 Å². The zero-order chi connectivity index (χ0) is 26.2. The average molecular weight is 512 g/mol. The van der Waals surface area contributed by atoms with Crippen molar-refractivity contribution in [3.05, 3.63) is 54.4 Å². The van der Waals surface area contributed by atoms with E-state index in [1.165, 1.54) is 42.6 Å². The van der Waals surface area contributed by atoms with Crippen molar-refractivity contribution in [2.24, 2.45) is 5.92 Å². The molecule has 6 rings (SSSR count). The van der Waals surface area contributed by atoms with Gasteiger partial charge < -0.3 is 19.6 Å². The van der Waals surface area contributed by atoms with E-state index in [1.54, 1.807) is 4.90 Å². The summed E-state index contributed by atoms with van der Waals surface area (Å²) in [5, 5.41) is 13.6. The summed E-state index contributed by atoms with van der Waals surface area (Å²) in [6.45, 7) is 11.2. The summed E-state index contributed by atoms with van der Waals surface area (Å²) < 4.78 is 1.98. The van der Waals surface area contributed by atoms with Gasteiger partial charge in [0.05, 0.1) is 23.2 Å². The highest BCUT2D eigenvalue weighted by molar-refractivity contribution is 5.81. The van der Waals surface area contributed by atoms with Crippen molar-refractivity contribution in [3.63, 3.8) is 0 Å². The molecule has 8 nitrogen and oxygen atoms in total. The number of hydrogen-bond donors (Lipinski definition) is 0. The number of nitrogens with zero attached hydrogens (tertiary/aromatic N) is 7. The number of rotatable bonds is 4. The molecule has 0 spiro atoms. The van der Waals surface area contributed by atoms with Gasteiger partial charge in [-0.15, -0.1) is 0 Å². The molecule has 198 valence electrons. The van der Waals surface area contributed by atoms with E-state index in [0.29, 0.717) is 25.6 Å². The molecule has 38 heavy (non-hydrogen) atoms. The van der Waals surface area contributed by atoms with E-state index in [-0.39, 0.29) is 18.0 Å². The van der Waals surface area contributed by atoms with Crippen molar-refractivity contribution in [1.82, 2.24) is 24.3 Å². The number of piperidine rings is 1. The Kier molecular flexibility index (Phi) is 6.71. The van der Waals surface area contributed by atoms with Crippen LogP contribution in [0.25, 0.3) is 16.6 Å². The zero-order valence-electron chi connectivity index (χ0n) is 22.5. The molecule has 2 aromatic heterocycles. The molecule has 0 unspecified atom stereocenters. The molecule has 0 bridgehead atoms. The highest BCUT2D eigenvalue weighted by Gasteiger charge is 2.37. The van der Waals surface area contributed by atoms with E-state index in [1.807, 2.05) is 15.6 Å². The van der Waals surface area contributed by atoms with E-state index >= 15 is 0 Å². The Morgan fingerprint density at radius 1 is 1.03 bits per heavy atom. The first-order chi connectivity index (χ1) is 18.5. The Bertz CT molecular complexity index is 1330. The number of carbonyl (C=O) groups excluding carboxylic acids is 1. The Morgan fingerprint density at radius 2 is 1.79 bits per heavy atom. The van der Waals surface area contributed by atoms with E-state index in [9.17, 15) is 4.79 Å². The maximum absolute atomic E-state index is 12.9.